The third kappa shape index (κ3) is 4.36. The monoisotopic (exact) mass is 476 g/mol. The fourth-order valence-corrected chi connectivity index (χ4v) is 4.78. The maximum Gasteiger partial charge on any atom is 0.345 e. The lowest BCUT2D eigenvalue weighted by Crippen LogP contribution is -2.35. The topological polar surface area (TPSA) is 91.7 Å². The van der Waals surface area contributed by atoms with E-state index in [2.05, 4.69) is 14.7 Å². The van der Waals surface area contributed by atoms with E-state index in [0.717, 1.165) is 15.9 Å². The molecule has 1 aliphatic heterocycles. The first-order chi connectivity index (χ1) is 14.7. The number of hydrogen-bond acceptors (Lipinski definition) is 5. The Kier molecular flexibility index (Phi) is 5.61. The molecule has 0 saturated carbocycles. The van der Waals surface area contributed by atoms with Crippen LogP contribution in [0.15, 0.2) is 70.9 Å². The van der Waals surface area contributed by atoms with Gasteiger partial charge >= 0.3 is 10.2 Å². The Bertz CT molecular complexity index is 1340. The van der Waals surface area contributed by atoms with Gasteiger partial charge in [0.2, 0.25) is 0 Å². The van der Waals surface area contributed by atoms with Gasteiger partial charge in [-0.3, -0.25) is 4.79 Å². The number of carbonyl (C=O) groups excluding carboxylic acids is 1. The number of halogens is 2. The van der Waals surface area contributed by atoms with Crippen LogP contribution in [0.4, 0.5) is 10.1 Å². The first kappa shape index (κ1) is 21.2. The molecule has 4 rings (SSSR count). The van der Waals surface area contributed by atoms with Crippen molar-refractivity contribution in [3.63, 3.8) is 0 Å². The second-order valence-corrected chi connectivity index (χ2v) is 9.49. The van der Waals surface area contributed by atoms with Crippen LogP contribution in [0.25, 0.3) is 10.6 Å². The molecule has 2 heterocycles. The van der Waals surface area contributed by atoms with Gasteiger partial charge in [-0.25, -0.2) is 13.7 Å². The molecule has 0 atom stereocenters. The number of nitrogens with one attached hydrogen (secondary N) is 1. The molecule has 0 spiro atoms. The van der Waals surface area contributed by atoms with Crippen molar-refractivity contribution in [2.75, 3.05) is 12.4 Å². The number of amides is 1. The number of hydrogen-bond donors (Lipinski definition) is 1. The van der Waals surface area contributed by atoms with E-state index in [0.29, 0.717) is 9.88 Å². The van der Waals surface area contributed by atoms with Crippen LogP contribution >= 0.6 is 22.9 Å². The van der Waals surface area contributed by atoms with E-state index in [9.17, 15) is 17.6 Å². The van der Waals surface area contributed by atoms with Crippen molar-refractivity contribution in [3.8, 4) is 10.6 Å². The highest BCUT2D eigenvalue weighted by atomic mass is 35.5. The van der Waals surface area contributed by atoms with Gasteiger partial charge in [-0.15, -0.1) is 15.7 Å². The van der Waals surface area contributed by atoms with Crippen molar-refractivity contribution in [1.82, 2.24) is 9.29 Å². The summed E-state index contributed by atoms with van der Waals surface area (Å²) in [4.78, 5) is 17.6. The SMILES string of the molecule is CN1C(C(=O)Nc2ccc(F)c(Cl)c2)=CC(c2cnc(-c3ccccc3)s2)=NS1(=O)=O. The highest BCUT2D eigenvalue weighted by Gasteiger charge is 2.30. The maximum atomic E-state index is 13.4. The fraction of sp³-hybridized carbons (Fsp3) is 0.0500. The quantitative estimate of drug-likeness (QED) is 0.613. The van der Waals surface area contributed by atoms with Crippen LogP contribution in [-0.4, -0.2) is 36.4 Å². The van der Waals surface area contributed by atoms with Crippen molar-refractivity contribution in [1.29, 1.82) is 0 Å². The molecule has 3 aromatic rings. The van der Waals surface area contributed by atoms with E-state index in [4.69, 9.17) is 11.6 Å². The molecule has 1 amide bonds. The largest absolute Gasteiger partial charge is 0.345 e. The van der Waals surface area contributed by atoms with Crippen molar-refractivity contribution in [3.05, 3.63) is 82.2 Å². The maximum absolute atomic E-state index is 13.4. The molecule has 1 aliphatic rings. The van der Waals surface area contributed by atoms with Gasteiger partial charge in [-0.05, 0) is 24.3 Å². The van der Waals surface area contributed by atoms with E-state index in [1.165, 1.54) is 42.8 Å². The number of anilines is 1. The Labute approximate surface area is 186 Å². The third-order valence-corrected chi connectivity index (χ3v) is 7.04. The van der Waals surface area contributed by atoms with Crippen molar-refractivity contribution in [2.24, 2.45) is 4.40 Å². The minimum atomic E-state index is -4.13. The Morgan fingerprint density at radius 2 is 1.94 bits per heavy atom. The summed E-state index contributed by atoms with van der Waals surface area (Å²) in [7, 11) is -2.91. The van der Waals surface area contributed by atoms with Gasteiger partial charge in [0.25, 0.3) is 5.91 Å². The fourth-order valence-electron chi connectivity index (χ4n) is 2.76. The average molecular weight is 477 g/mol. The molecule has 7 nitrogen and oxygen atoms in total. The zero-order valence-corrected chi connectivity index (χ0v) is 18.3. The molecule has 1 N–H and O–H groups in total. The molecule has 0 aliphatic carbocycles. The van der Waals surface area contributed by atoms with E-state index in [1.807, 2.05) is 30.3 Å². The smallest absolute Gasteiger partial charge is 0.321 e. The van der Waals surface area contributed by atoms with Crippen molar-refractivity contribution in [2.45, 2.75) is 0 Å². The van der Waals surface area contributed by atoms with E-state index < -0.39 is 21.9 Å². The van der Waals surface area contributed by atoms with Gasteiger partial charge in [-0.1, -0.05) is 41.9 Å². The lowest BCUT2D eigenvalue weighted by atomic mass is 10.2. The second kappa shape index (κ2) is 8.22. The zero-order valence-electron chi connectivity index (χ0n) is 15.9. The summed E-state index contributed by atoms with van der Waals surface area (Å²) in [6, 6.07) is 13.1. The van der Waals surface area contributed by atoms with E-state index >= 15 is 0 Å². The van der Waals surface area contributed by atoms with Crippen LogP contribution in [0.1, 0.15) is 4.88 Å². The number of thiazole rings is 1. The minimum absolute atomic E-state index is 0.0973. The molecule has 0 radical (unpaired) electrons. The van der Waals surface area contributed by atoms with Gasteiger partial charge in [0, 0.05) is 24.5 Å². The summed E-state index contributed by atoms with van der Waals surface area (Å²) in [6.07, 6.45) is 2.88. The Hall–Kier alpha value is -3.08. The summed E-state index contributed by atoms with van der Waals surface area (Å²) >= 11 is 7.00. The molecule has 0 unspecified atom stereocenters. The van der Waals surface area contributed by atoms with Crippen LogP contribution in [0, 0.1) is 5.82 Å². The Morgan fingerprint density at radius 1 is 1.19 bits per heavy atom. The number of carbonyl (C=O) groups is 1. The highest BCUT2D eigenvalue weighted by Crippen LogP contribution is 2.28. The molecular weight excluding hydrogens is 463 g/mol. The molecule has 31 heavy (non-hydrogen) atoms. The molecule has 0 fully saturated rings. The molecule has 158 valence electrons. The van der Waals surface area contributed by atoms with Gasteiger partial charge in [-0.2, -0.15) is 8.42 Å². The molecule has 1 aromatic heterocycles. The molecular formula is C20H14ClFN4O3S2. The summed E-state index contributed by atoms with van der Waals surface area (Å²) < 4.78 is 43.0. The standard InChI is InChI=1S/C20H14ClFN4O3S2/c1-26-17(19(27)24-13-7-8-15(22)14(21)9-13)10-16(25-31(26,28)29)18-11-23-20(30-18)12-5-3-2-4-6-12/h2-11H,1H3,(H,24,27). The number of rotatable bonds is 4. The summed E-state index contributed by atoms with van der Waals surface area (Å²) in [5.41, 5.74) is 1.04. The summed E-state index contributed by atoms with van der Waals surface area (Å²) in [5.74, 6) is -1.35. The lowest BCUT2D eigenvalue weighted by molar-refractivity contribution is -0.113. The summed E-state index contributed by atoms with van der Waals surface area (Å²) in [6.45, 7) is 0. The van der Waals surface area contributed by atoms with Gasteiger partial charge in [0.05, 0.1) is 15.6 Å². The van der Waals surface area contributed by atoms with E-state index in [-0.39, 0.29) is 22.1 Å². The number of nitrogens with zero attached hydrogens (tertiary/aromatic N) is 3. The van der Waals surface area contributed by atoms with Gasteiger partial charge in [0.1, 0.15) is 16.5 Å². The molecule has 0 bridgehead atoms. The van der Waals surface area contributed by atoms with Crippen LogP contribution in [-0.2, 0) is 15.0 Å². The number of allylic oxidation sites excluding steroid dienone is 1. The van der Waals surface area contributed by atoms with Crippen LogP contribution < -0.4 is 5.32 Å². The van der Waals surface area contributed by atoms with Crippen LogP contribution in [0.3, 0.4) is 0 Å². The number of benzene rings is 2. The second-order valence-electron chi connectivity index (χ2n) is 6.43. The van der Waals surface area contributed by atoms with Gasteiger partial charge < -0.3 is 5.32 Å². The minimum Gasteiger partial charge on any atom is -0.321 e. The lowest BCUT2D eigenvalue weighted by Gasteiger charge is -2.23. The predicted octanol–water partition coefficient (Wildman–Crippen LogP) is 4.10. The van der Waals surface area contributed by atoms with E-state index in [1.54, 1.807) is 0 Å². The third-order valence-electron chi connectivity index (χ3n) is 4.36. The highest BCUT2D eigenvalue weighted by molar-refractivity contribution is 7.88. The van der Waals surface area contributed by atoms with Crippen LogP contribution in [0.2, 0.25) is 5.02 Å². The zero-order chi connectivity index (χ0) is 22.2. The number of aromatic nitrogens is 1. The molecule has 2 aromatic carbocycles. The van der Waals surface area contributed by atoms with Crippen molar-refractivity contribution >= 4 is 50.5 Å². The van der Waals surface area contributed by atoms with Crippen molar-refractivity contribution < 1.29 is 17.6 Å². The first-order valence-electron chi connectivity index (χ1n) is 8.83. The average Bonchev–Trinajstić information content (AvgIpc) is 3.23. The predicted molar refractivity (Wildman–Crippen MR) is 119 cm³/mol. The number of likely N-dealkylation sites (N-methyl/N-ethyl adjacent to an activating group) is 1. The molecule has 11 heteroatoms. The normalized spacial score (nSPS) is 15.3. The van der Waals surface area contributed by atoms with Crippen LogP contribution in [0.5, 0.6) is 0 Å². The molecule has 0 saturated heterocycles. The first-order valence-corrected chi connectivity index (χ1v) is 11.4. The summed E-state index contributed by atoms with van der Waals surface area (Å²) in [5, 5.41) is 3.04. The Balaban J connectivity index is 1.67. The Morgan fingerprint density at radius 3 is 2.65 bits per heavy atom. The van der Waals surface area contributed by atoms with Gasteiger partial charge in [0.15, 0.2) is 0 Å².